The summed E-state index contributed by atoms with van der Waals surface area (Å²) in [5.74, 6) is 0.437. The number of nitrogens with zero attached hydrogens (tertiary/aromatic N) is 2. The Morgan fingerprint density at radius 2 is 1.50 bits per heavy atom. The van der Waals surface area contributed by atoms with Crippen molar-refractivity contribution in [3.05, 3.63) is 0 Å². The van der Waals surface area contributed by atoms with E-state index in [9.17, 15) is 9.00 Å². The van der Waals surface area contributed by atoms with E-state index < -0.39 is 11.0 Å². The molecule has 26 heavy (non-hydrogen) atoms. The van der Waals surface area contributed by atoms with Crippen molar-refractivity contribution in [1.29, 1.82) is 0 Å². The van der Waals surface area contributed by atoms with Gasteiger partial charge in [-0.2, -0.15) is 0 Å². The Bertz CT molecular complexity index is 437. The molecule has 2 heterocycles. The summed E-state index contributed by atoms with van der Waals surface area (Å²) >= 11 is 0. The van der Waals surface area contributed by atoms with Gasteiger partial charge in [0, 0.05) is 25.4 Å². The zero-order valence-corrected chi connectivity index (χ0v) is 18.5. The number of carbonyl (C=O) groups excluding carboxylic acids is 1. The summed E-state index contributed by atoms with van der Waals surface area (Å²) in [4.78, 5) is 15.6. The van der Waals surface area contributed by atoms with Gasteiger partial charge in [-0.15, -0.1) is 0 Å². The Labute approximate surface area is 163 Å². The van der Waals surface area contributed by atoms with Gasteiger partial charge in [0.2, 0.25) is 0 Å². The highest BCUT2D eigenvalue weighted by Crippen LogP contribution is 2.15. The first-order valence-electron chi connectivity index (χ1n) is 10.3. The number of likely N-dealkylation sites (tertiary alicyclic amines) is 2. The average molecular weight is 388 g/mol. The van der Waals surface area contributed by atoms with Gasteiger partial charge in [0.1, 0.15) is 5.78 Å². The molecular weight excluding hydrogens is 346 g/mol. The number of ketones is 1. The summed E-state index contributed by atoms with van der Waals surface area (Å²) in [7, 11) is 3.32. The van der Waals surface area contributed by atoms with Crippen molar-refractivity contribution in [2.75, 3.05) is 40.3 Å². The van der Waals surface area contributed by atoms with Crippen molar-refractivity contribution in [2.45, 2.75) is 82.9 Å². The van der Waals surface area contributed by atoms with Crippen LogP contribution in [0.2, 0.25) is 0 Å². The van der Waals surface area contributed by atoms with E-state index in [0.29, 0.717) is 11.8 Å². The van der Waals surface area contributed by atoms with Crippen LogP contribution in [-0.2, 0) is 15.8 Å². The van der Waals surface area contributed by atoms with Gasteiger partial charge in [-0.25, -0.2) is 8.93 Å². The molecule has 2 rings (SSSR count). The minimum Gasteiger partial charge on any atom is -0.306 e. The van der Waals surface area contributed by atoms with Crippen LogP contribution >= 0.6 is 0 Å². The largest absolute Gasteiger partial charge is 0.306 e. The van der Waals surface area contributed by atoms with E-state index in [1.807, 2.05) is 20.8 Å². The van der Waals surface area contributed by atoms with Gasteiger partial charge in [-0.3, -0.25) is 4.79 Å². The predicted octanol–water partition coefficient (Wildman–Crippen LogP) is 2.97. The second kappa shape index (κ2) is 12.2. The summed E-state index contributed by atoms with van der Waals surface area (Å²) in [6, 6.07) is 0.419. The second-order valence-electron chi connectivity index (χ2n) is 8.83. The van der Waals surface area contributed by atoms with Crippen LogP contribution in [0.3, 0.4) is 0 Å². The minimum absolute atomic E-state index is 0.158. The molecule has 2 aliphatic rings. The number of carbonyl (C=O) groups is 1. The molecule has 0 radical (unpaired) electrons. The van der Waals surface area contributed by atoms with Crippen molar-refractivity contribution >= 4 is 16.8 Å². The lowest BCUT2D eigenvalue weighted by atomic mass is 10.0. The van der Waals surface area contributed by atoms with Crippen molar-refractivity contribution in [1.82, 2.24) is 14.5 Å². The molecule has 0 aromatic heterocycles. The molecule has 0 aromatic carbocycles. The summed E-state index contributed by atoms with van der Waals surface area (Å²) in [5, 5.41) is 0. The Kier molecular flexibility index (Phi) is 11.2. The lowest BCUT2D eigenvalue weighted by molar-refractivity contribution is -0.119. The molecule has 2 fully saturated rings. The van der Waals surface area contributed by atoms with Crippen LogP contribution < -0.4 is 4.72 Å². The van der Waals surface area contributed by atoms with E-state index in [4.69, 9.17) is 0 Å². The van der Waals surface area contributed by atoms with Crippen LogP contribution in [0.4, 0.5) is 0 Å². The monoisotopic (exact) mass is 387 g/mol. The quantitative estimate of drug-likeness (QED) is 0.791. The molecule has 2 aliphatic heterocycles. The molecule has 2 atom stereocenters. The minimum atomic E-state index is -0.928. The number of Topliss-reactive ketones (excluding diaryl/α,β-unsaturated/α-hetero) is 1. The van der Waals surface area contributed by atoms with Crippen molar-refractivity contribution < 1.29 is 9.00 Å². The van der Waals surface area contributed by atoms with E-state index in [1.165, 1.54) is 25.8 Å². The Morgan fingerprint density at radius 3 is 2.15 bits per heavy atom. The first kappa shape index (κ1) is 23.7. The van der Waals surface area contributed by atoms with Gasteiger partial charge in [-0.1, -0.05) is 6.42 Å². The van der Waals surface area contributed by atoms with E-state index in [1.54, 1.807) is 0 Å². The first-order valence-corrected chi connectivity index (χ1v) is 11.4. The smallest absolute Gasteiger partial charge is 0.134 e. The third kappa shape index (κ3) is 10.8. The summed E-state index contributed by atoms with van der Waals surface area (Å²) in [6.45, 7) is 10.5. The van der Waals surface area contributed by atoms with Gasteiger partial charge in [-0.05, 0) is 86.6 Å². The normalized spacial score (nSPS) is 25.9. The zero-order chi connectivity index (χ0) is 19.6. The Balaban J connectivity index is 0.000000289. The van der Waals surface area contributed by atoms with Crippen LogP contribution in [0.5, 0.6) is 0 Å². The summed E-state index contributed by atoms with van der Waals surface area (Å²) in [5.41, 5.74) is 0. The number of nitrogens with one attached hydrogen (secondary N) is 1. The molecule has 5 nitrogen and oxygen atoms in total. The molecular formula is C20H41N3O2S. The maximum absolute atomic E-state index is 12.0. The van der Waals surface area contributed by atoms with Gasteiger partial charge in [0.15, 0.2) is 0 Å². The highest BCUT2D eigenvalue weighted by atomic mass is 32.2. The van der Waals surface area contributed by atoms with E-state index >= 15 is 0 Å². The molecule has 1 N–H and O–H groups in total. The second-order valence-corrected chi connectivity index (χ2v) is 10.8. The van der Waals surface area contributed by atoms with Gasteiger partial charge >= 0.3 is 0 Å². The van der Waals surface area contributed by atoms with E-state index in [2.05, 4.69) is 28.6 Å². The fourth-order valence-corrected chi connectivity index (χ4v) is 4.00. The third-order valence-corrected chi connectivity index (χ3v) is 6.71. The SMILES string of the molecule is CN1CCCCC(=O)CC1.CN1CCCCC(N[S@](=O)C(C)(C)C)CC1. The molecule has 1 unspecified atom stereocenters. The van der Waals surface area contributed by atoms with Crippen molar-refractivity contribution in [3.63, 3.8) is 0 Å². The zero-order valence-electron chi connectivity index (χ0n) is 17.7. The molecule has 0 spiro atoms. The summed E-state index contributed by atoms with van der Waals surface area (Å²) in [6.07, 6.45) is 8.61. The lowest BCUT2D eigenvalue weighted by Crippen LogP contribution is -2.42. The van der Waals surface area contributed by atoms with Gasteiger partial charge < -0.3 is 9.80 Å². The van der Waals surface area contributed by atoms with E-state index in [0.717, 1.165) is 51.7 Å². The maximum atomic E-state index is 12.0. The number of hydrogen-bond acceptors (Lipinski definition) is 4. The molecule has 2 saturated heterocycles. The summed E-state index contributed by atoms with van der Waals surface area (Å²) < 4.78 is 15.1. The van der Waals surface area contributed by atoms with Crippen molar-refractivity contribution in [3.8, 4) is 0 Å². The van der Waals surface area contributed by atoms with Gasteiger partial charge in [0.25, 0.3) is 0 Å². The lowest BCUT2D eigenvalue weighted by Gasteiger charge is -2.28. The van der Waals surface area contributed by atoms with Crippen LogP contribution in [0.25, 0.3) is 0 Å². The van der Waals surface area contributed by atoms with Gasteiger partial charge in [0.05, 0.1) is 15.7 Å². The van der Waals surface area contributed by atoms with Crippen LogP contribution in [0.15, 0.2) is 0 Å². The Morgan fingerprint density at radius 1 is 0.885 bits per heavy atom. The molecule has 0 amide bonds. The Hall–Kier alpha value is -0.300. The van der Waals surface area contributed by atoms with Crippen LogP contribution in [0.1, 0.15) is 72.1 Å². The number of rotatable bonds is 2. The fourth-order valence-electron chi connectivity index (χ4n) is 3.11. The average Bonchev–Trinajstić information content (AvgIpc) is 2.54. The standard InChI is InChI=1S/C12H26N2OS.C8H15NO/c1-12(2,3)16(15)13-11-7-5-6-9-14(4)10-8-11;1-9-6-3-2-4-8(10)5-7-9/h11,13H,5-10H2,1-4H3;2-7H2,1H3/t11?,16-;/m1./s1. The number of hydrogen-bond donors (Lipinski definition) is 1. The van der Waals surface area contributed by atoms with E-state index in [-0.39, 0.29) is 4.75 Å². The topological polar surface area (TPSA) is 52.7 Å². The van der Waals surface area contributed by atoms with Crippen LogP contribution in [-0.4, -0.2) is 70.9 Å². The molecule has 0 saturated carbocycles. The molecule has 6 heteroatoms. The van der Waals surface area contributed by atoms with Crippen molar-refractivity contribution in [2.24, 2.45) is 0 Å². The van der Waals surface area contributed by atoms with Crippen LogP contribution in [0, 0.1) is 0 Å². The molecule has 154 valence electrons. The fraction of sp³-hybridized carbons (Fsp3) is 0.950. The third-order valence-electron chi connectivity index (χ3n) is 5.05. The molecule has 0 aliphatic carbocycles. The first-order chi connectivity index (χ1) is 12.2. The highest BCUT2D eigenvalue weighted by Gasteiger charge is 2.23. The highest BCUT2D eigenvalue weighted by molar-refractivity contribution is 7.84. The predicted molar refractivity (Wildman–Crippen MR) is 112 cm³/mol. The maximum Gasteiger partial charge on any atom is 0.134 e. The molecule has 0 bridgehead atoms. The molecule has 0 aromatic rings.